The monoisotopic (exact) mass is 472 g/mol. The summed E-state index contributed by atoms with van der Waals surface area (Å²) in [4.78, 5) is 42.9. The van der Waals surface area contributed by atoms with Crippen molar-refractivity contribution in [1.29, 1.82) is 0 Å². The number of nitrogens with one attached hydrogen (secondary N) is 2. The van der Waals surface area contributed by atoms with Crippen LogP contribution in [0.15, 0.2) is 6.07 Å². The van der Waals surface area contributed by atoms with Crippen LogP contribution in [-0.2, 0) is 11.3 Å². The Bertz CT molecular complexity index is 908. The highest BCUT2D eigenvalue weighted by Gasteiger charge is 2.46. The molecule has 3 aliphatic rings. The van der Waals surface area contributed by atoms with Crippen molar-refractivity contribution in [1.82, 2.24) is 30.2 Å². The van der Waals surface area contributed by atoms with Gasteiger partial charge in [-0.15, -0.1) is 0 Å². The van der Waals surface area contributed by atoms with Crippen LogP contribution in [0.4, 0.5) is 0 Å². The minimum absolute atomic E-state index is 0.162. The molecule has 2 aliphatic heterocycles. The van der Waals surface area contributed by atoms with Gasteiger partial charge in [-0.1, -0.05) is 26.2 Å². The van der Waals surface area contributed by atoms with Gasteiger partial charge >= 0.3 is 0 Å². The van der Waals surface area contributed by atoms with E-state index in [4.69, 9.17) is 0 Å². The molecule has 2 fully saturated rings. The van der Waals surface area contributed by atoms with Crippen LogP contribution in [0.1, 0.15) is 92.6 Å². The minimum Gasteiger partial charge on any atom is -0.351 e. The molecule has 0 spiro atoms. The Morgan fingerprint density at radius 3 is 2.65 bits per heavy atom. The third-order valence-corrected chi connectivity index (χ3v) is 8.04. The molecule has 1 saturated heterocycles. The molecule has 2 atom stereocenters. The molecule has 0 aromatic carbocycles. The first-order valence-corrected chi connectivity index (χ1v) is 13.0. The third-order valence-electron chi connectivity index (χ3n) is 8.04. The predicted octanol–water partition coefficient (Wildman–Crippen LogP) is 2.17. The largest absolute Gasteiger partial charge is 0.351 e. The summed E-state index contributed by atoms with van der Waals surface area (Å²) < 4.78 is 1.52. The molecule has 2 N–H and O–H groups in total. The Morgan fingerprint density at radius 1 is 1.18 bits per heavy atom. The van der Waals surface area contributed by atoms with Crippen LogP contribution >= 0.6 is 0 Å². The number of likely N-dealkylation sites (tertiary alicyclic amines) is 1. The van der Waals surface area contributed by atoms with Crippen LogP contribution in [0.3, 0.4) is 0 Å². The zero-order valence-corrected chi connectivity index (χ0v) is 20.9. The molecule has 1 aliphatic carbocycles. The SMILES string of the molecule is CC[C@H]1CCCCN1CCCNC(=O)c1cc2n(n1)C[C@](C)(C(=O)NC1CCCC1)N(C)C2=O. The van der Waals surface area contributed by atoms with Gasteiger partial charge in [0.25, 0.3) is 11.8 Å². The highest BCUT2D eigenvalue weighted by atomic mass is 16.2. The third kappa shape index (κ3) is 4.99. The molecule has 9 nitrogen and oxygen atoms in total. The summed E-state index contributed by atoms with van der Waals surface area (Å²) in [6.45, 7) is 6.93. The van der Waals surface area contributed by atoms with Gasteiger partial charge in [-0.25, -0.2) is 0 Å². The van der Waals surface area contributed by atoms with Gasteiger partial charge in [0.05, 0.1) is 6.54 Å². The predicted molar refractivity (Wildman–Crippen MR) is 130 cm³/mol. The Hall–Kier alpha value is -2.42. The lowest BCUT2D eigenvalue weighted by Crippen LogP contribution is -2.63. The fourth-order valence-corrected chi connectivity index (χ4v) is 5.64. The first kappa shape index (κ1) is 24.7. The Kier molecular flexibility index (Phi) is 7.60. The fourth-order valence-electron chi connectivity index (χ4n) is 5.64. The van der Waals surface area contributed by atoms with E-state index >= 15 is 0 Å². The molecule has 1 aromatic rings. The Balaban J connectivity index is 1.34. The maximum atomic E-state index is 13.1. The van der Waals surface area contributed by atoms with E-state index in [1.54, 1.807) is 20.0 Å². The van der Waals surface area contributed by atoms with Gasteiger partial charge < -0.3 is 20.4 Å². The fraction of sp³-hybridized carbons (Fsp3) is 0.760. The first-order chi connectivity index (χ1) is 16.3. The lowest BCUT2D eigenvalue weighted by atomic mass is 9.95. The van der Waals surface area contributed by atoms with Crippen molar-refractivity contribution in [3.05, 3.63) is 17.5 Å². The number of carbonyl (C=O) groups excluding carboxylic acids is 3. The first-order valence-electron chi connectivity index (χ1n) is 13.0. The van der Waals surface area contributed by atoms with Crippen LogP contribution < -0.4 is 10.6 Å². The van der Waals surface area contributed by atoms with Crippen LogP contribution in [0.5, 0.6) is 0 Å². The molecule has 1 saturated carbocycles. The van der Waals surface area contributed by atoms with Gasteiger partial charge in [-0.3, -0.25) is 19.1 Å². The number of amides is 3. The molecule has 4 rings (SSSR count). The van der Waals surface area contributed by atoms with Crippen LogP contribution in [0, 0.1) is 0 Å². The van der Waals surface area contributed by atoms with E-state index in [1.165, 1.54) is 35.3 Å². The van der Waals surface area contributed by atoms with E-state index in [-0.39, 0.29) is 36.0 Å². The second-order valence-corrected chi connectivity index (χ2v) is 10.4. The summed E-state index contributed by atoms with van der Waals surface area (Å²) >= 11 is 0. The maximum absolute atomic E-state index is 13.1. The topological polar surface area (TPSA) is 99.6 Å². The summed E-state index contributed by atoms with van der Waals surface area (Å²) in [7, 11) is 1.65. The van der Waals surface area contributed by atoms with Crippen molar-refractivity contribution in [2.75, 3.05) is 26.7 Å². The van der Waals surface area contributed by atoms with Crippen molar-refractivity contribution in [3.8, 4) is 0 Å². The van der Waals surface area contributed by atoms with Crippen LogP contribution in [0.2, 0.25) is 0 Å². The Morgan fingerprint density at radius 2 is 1.91 bits per heavy atom. The van der Waals surface area contributed by atoms with Gasteiger partial charge in [-0.2, -0.15) is 5.10 Å². The molecule has 188 valence electrons. The highest BCUT2D eigenvalue weighted by molar-refractivity contribution is 6.01. The van der Waals surface area contributed by atoms with Gasteiger partial charge in [-0.05, 0) is 52.0 Å². The molecule has 3 heterocycles. The lowest BCUT2D eigenvalue weighted by molar-refractivity contribution is -0.133. The van der Waals surface area contributed by atoms with Gasteiger partial charge in [0.15, 0.2) is 5.69 Å². The van der Waals surface area contributed by atoms with E-state index in [9.17, 15) is 14.4 Å². The van der Waals surface area contributed by atoms with Crippen molar-refractivity contribution >= 4 is 17.7 Å². The van der Waals surface area contributed by atoms with Crippen LogP contribution in [-0.4, -0.2) is 81.6 Å². The highest BCUT2D eigenvalue weighted by Crippen LogP contribution is 2.27. The number of piperidine rings is 1. The van der Waals surface area contributed by atoms with E-state index in [0.717, 1.165) is 45.2 Å². The van der Waals surface area contributed by atoms with Gasteiger partial charge in [0, 0.05) is 38.3 Å². The van der Waals surface area contributed by atoms with Crippen molar-refractivity contribution in [3.63, 3.8) is 0 Å². The van der Waals surface area contributed by atoms with E-state index in [2.05, 4.69) is 27.6 Å². The molecular weight excluding hydrogens is 432 g/mol. The number of likely N-dealkylation sites (N-methyl/N-ethyl adjacent to an activating group) is 1. The van der Waals surface area contributed by atoms with Crippen molar-refractivity contribution < 1.29 is 14.4 Å². The molecule has 34 heavy (non-hydrogen) atoms. The molecule has 3 amide bonds. The molecule has 0 bridgehead atoms. The summed E-state index contributed by atoms with van der Waals surface area (Å²) in [5, 5.41) is 10.5. The average Bonchev–Trinajstić information content (AvgIpc) is 3.50. The van der Waals surface area contributed by atoms with Crippen molar-refractivity contribution in [2.45, 2.75) is 95.8 Å². The number of hydrogen-bond acceptors (Lipinski definition) is 5. The molecule has 0 radical (unpaired) electrons. The Labute approximate surface area is 202 Å². The zero-order valence-electron chi connectivity index (χ0n) is 20.9. The zero-order chi connectivity index (χ0) is 24.3. The average molecular weight is 473 g/mol. The molecular formula is C25H40N6O3. The van der Waals surface area contributed by atoms with Gasteiger partial charge in [0.2, 0.25) is 5.91 Å². The second-order valence-electron chi connectivity index (χ2n) is 10.4. The van der Waals surface area contributed by atoms with E-state index in [1.807, 2.05) is 0 Å². The standard InChI is InChI=1S/C25H40N6O3/c1-4-19-12-7-8-14-30(19)15-9-13-26-22(32)20-16-21-23(33)29(3)25(2,17-31(21)28-20)24(34)27-18-10-5-6-11-18/h16,18-19H,4-15,17H2,1-3H3,(H,26,32)(H,27,34)/t19-,25+/m0/s1. The summed E-state index contributed by atoms with van der Waals surface area (Å²) in [5.74, 6) is -0.733. The smallest absolute Gasteiger partial charge is 0.272 e. The molecule has 9 heteroatoms. The summed E-state index contributed by atoms with van der Waals surface area (Å²) in [5.41, 5.74) is -0.476. The van der Waals surface area contributed by atoms with Gasteiger partial charge in [0.1, 0.15) is 11.2 Å². The quantitative estimate of drug-likeness (QED) is 0.565. The summed E-state index contributed by atoms with van der Waals surface area (Å²) in [6, 6.07) is 2.37. The minimum atomic E-state index is -1.04. The van der Waals surface area contributed by atoms with E-state index < -0.39 is 5.54 Å². The molecule has 1 aromatic heterocycles. The number of fused-ring (bicyclic) bond motifs is 1. The number of carbonyl (C=O) groups is 3. The van der Waals surface area contributed by atoms with Crippen LogP contribution in [0.25, 0.3) is 0 Å². The summed E-state index contributed by atoms with van der Waals surface area (Å²) in [6.07, 6.45) is 10.1. The second kappa shape index (κ2) is 10.5. The van der Waals surface area contributed by atoms with E-state index in [0.29, 0.717) is 18.3 Å². The maximum Gasteiger partial charge on any atom is 0.272 e. The normalized spacial score (nSPS) is 25.9. The lowest BCUT2D eigenvalue weighted by Gasteiger charge is -2.41. The number of nitrogens with zero attached hydrogens (tertiary/aromatic N) is 4. The molecule has 0 unspecified atom stereocenters. The number of aromatic nitrogens is 2. The number of hydrogen-bond donors (Lipinski definition) is 2. The number of rotatable bonds is 8. The van der Waals surface area contributed by atoms with Crippen molar-refractivity contribution in [2.24, 2.45) is 0 Å².